The number of nitrogens with one attached hydrogen (secondary N) is 1. The zero-order valence-corrected chi connectivity index (χ0v) is 11.8. The molecule has 2 unspecified atom stereocenters. The van der Waals surface area contributed by atoms with Crippen molar-refractivity contribution >= 4 is 0 Å². The van der Waals surface area contributed by atoms with Crippen molar-refractivity contribution < 1.29 is 4.74 Å². The van der Waals surface area contributed by atoms with E-state index in [9.17, 15) is 0 Å². The van der Waals surface area contributed by atoms with E-state index in [1.165, 1.54) is 28.7 Å². The highest BCUT2D eigenvalue weighted by Gasteiger charge is 2.27. The van der Waals surface area contributed by atoms with Crippen molar-refractivity contribution in [3.63, 3.8) is 0 Å². The first-order chi connectivity index (χ1) is 8.56. The maximum absolute atomic E-state index is 6.45. The number of aryl methyl sites for hydroxylation is 2. The topological polar surface area (TPSA) is 47.3 Å². The Bertz CT molecular complexity index is 437. The minimum Gasteiger partial charge on any atom is -0.496 e. The SMILES string of the molecule is COc1c(C)c(C)cc(C)c1C(N)C1CCCN1. The van der Waals surface area contributed by atoms with Gasteiger partial charge in [0.15, 0.2) is 0 Å². The van der Waals surface area contributed by atoms with Crippen LogP contribution >= 0.6 is 0 Å². The Morgan fingerprint density at radius 3 is 2.61 bits per heavy atom. The first-order valence-electron chi connectivity index (χ1n) is 6.70. The van der Waals surface area contributed by atoms with E-state index in [0.29, 0.717) is 6.04 Å². The van der Waals surface area contributed by atoms with E-state index in [0.717, 1.165) is 18.7 Å². The fourth-order valence-electron chi connectivity index (χ4n) is 2.97. The largest absolute Gasteiger partial charge is 0.496 e. The monoisotopic (exact) mass is 248 g/mol. The van der Waals surface area contributed by atoms with Crippen LogP contribution in [0.1, 0.15) is 41.1 Å². The summed E-state index contributed by atoms with van der Waals surface area (Å²) in [5, 5.41) is 3.49. The summed E-state index contributed by atoms with van der Waals surface area (Å²) in [7, 11) is 1.74. The number of hydrogen-bond acceptors (Lipinski definition) is 3. The lowest BCUT2D eigenvalue weighted by Crippen LogP contribution is -2.35. The summed E-state index contributed by atoms with van der Waals surface area (Å²) in [5.74, 6) is 0.966. The highest BCUT2D eigenvalue weighted by molar-refractivity contribution is 5.51. The van der Waals surface area contributed by atoms with E-state index in [1.807, 2.05) is 0 Å². The number of methoxy groups -OCH3 is 1. The van der Waals surface area contributed by atoms with Gasteiger partial charge in [-0.25, -0.2) is 0 Å². The van der Waals surface area contributed by atoms with E-state index >= 15 is 0 Å². The standard InChI is InChI=1S/C15H24N2O/c1-9-8-10(2)13(15(18-4)11(9)3)14(16)12-6-5-7-17-12/h8,12,14,17H,5-7,16H2,1-4H3. The Balaban J connectivity index is 2.45. The molecule has 0 spiro atoms. The maximum Gasteiger partial charge on any atom is 0.127 e. The summed E-state index contributed by atoms with van der Waals surface area (Å²) < 4.78 is 5.61. The predicted octanol–water partition coefficient (Wildman–Crippen LogP) is 2.37. The summed E-state index contributed by atoms with van der Waals surface area (Å²) in [6.45, 7) is 7.42. The fourth-order valence-corrected chi connectivity index (χ4v) is 2.97. The number of ether oxygens (including phenoxy) is 1. The van der Waals surface area contributed by atoms with Gasteiger partial charge < -0.3 is 15.8 Å². The quantitative estimate of drug-likeness (QED) is 0.863. The lowest BCUT2D eigenvalue weighted by Gasteiger charge is -2.25. The lowest BCUT2D eigenvalue weighted by atomic mass is 9.90. The number of benzene rings is 1. The highest BCUT2D eigenvalue weighted by atomic mass is 16.5. The van der Waals surface area contributed by atoms with Gasteiger partial charge in [-0.3, -0.25) is 0 Å². The second-order valence-corrected chi connectivity index (χ2v) is 5.31. The van der Waals surface area contributed by atoms with Crippen LogP contribution in [0.15, 0.2) is 6.07 Å². The maximum atomic E-state index is 6.45. The summed E-state index contributed by atoms with van der Waals surface area (Å²) in [6, 6.07) is 2.60. The molecule has 0 bridgehead atoms. The molecule has 1 aliphatic rings. The van der Waals surface area contributed by atoms with Crippen molar-refractivity contribution in [3.8, 4) is 5.75 Å². The molecule has 100 valence electrons. The van der Waals surface area contributed by atoms with Gasteiger partial charge >= 0.3 is 0 Å². The zero-order chi connectivity index (χ0) is 13.3. The molecule has 1 aromatic carbocycles. The van der Waals surface area contributed by atoms with Gasteiger partial charge in [-0.05, 0) is 56.8 Å². The Morgan fingerprint density at radius 2 is 2.06 bits per heavy atom. The molecule has 0 amide bonds. The number of hydrogen-bond donors (Lipinski definition) is 2. The van der Waals surface area contributed by atoms with E-state index in [2.05, 4.69) is 32.2 Å². The molecule has 0 aromatic heterocycles. The van der Waals surface area contributed by atoms with E-state index in [1.54, 1.807) is 7.11 Å². The minimum absolute atomic E-state index is 0.0155. The fraction of sp³-hybridized carbons (Fsp3) is 0.600. The minimum atomic E-state index is 0.0155. The van der Waals surface area contributed by atoms with Crippen LogP contribution < -0.4 is 15.8 Å². The molecule has 2 rings (SSSR count). The normalized spacial score (nSPS) is 21.1. The Kier molecular flexibility index (Phi) is 3.93. The molecule has 1 saturated heterocycles. The smallest absolute Gasteiger partial charge is 0.127 e. The molecule has 18 heavy (non-hydrogen) atoms. The van der Waals surface area contributed by atoms with Crippen LogP contribution in [0, 0.1) is 20.8 Å². The average Bonchev–Trinajstić information content (AvgIpc) is 2.86. The molecule has 2 atom stereocenters. The number of nitrogens with two attached hydrogens (primary N) is 1. The van der Waals surface area contributed by atoms with Crippen LogP contribution in [0.2, 0.25) is 0 Å². The molecule has 1 fully saturated rings. The van der Waals surface area contributed by atoms with Crippen molar-refractivity contribution in [1.82, 2.24) is 5.32 Å². The molecule has 3 N–H and O–H groups in total. The lowest BCUT2D eigenvalue weighted by molar-refractivity contribution is 0.392. The van der Waals surface area contributed by atoms with Gasteiger partial charge in [-0.1, -0.05) is 6.07 Å². The van der Waals surface area contributed by atoms with E-state index in [4.69, 9.17) is 10.5 Å². The average molecular weight is 248 g/mol. The van der Waals surface area contributed by atoms with Gasteiger partial charge in [0.05, 0.1) is 7.11 Å². The van der Waals surface area contributed by atoms with Gasteiger partial charge in [-0.15, -0.1) is 0 Å². The zero-order valence-electron chi connectivity index (χ0n) is 11.8. The van der Waals surface area contributed by atoms with Gasteiger partial charge in [0.25, 0.3) is 0 Å². The molecule has 1 heterocycles. The second-order valence-electron chi connectivity index (χ2n) is 5.31. The Labute approximate surface area is 110 Å². The van der Waals surface area contributed by atoms with Crippen LogP contribution in [-0.4, -0.2) is 19.7 Å². The van der Waals surface area contributed by atoms with Gasteiger partial charge in [-0.2, -0.15) is 0 Å². The Morgan fingerprint density at radius 1 is 1.33 bits per heavy atom. The van der Waals surface area contributed by atoms with Crippen LogP contribution in [0.5, 0.6) is 5.75 Å². The predicted molar refractivity (Wildman–Crippen MR) is 75.2 cm³/mol. The first kappa shape index (κ1) is 13.4. The molecular formula is C15H24N2O. The van der Waals surface area contributed by atoms with E-state index in [-0.39, 0.29) is 6.04 Å². The van der Waals surface area contributed by atoms with Crippen molar-refractivity contribution in [1.29, 1.82) is 0 Å². The van der Waals surface area contributed by atoms with E-state index < -0.39 is 0 Å². The first-order valence-corrected chi connectivity index (χ1v) is 6.70. The number of rotatable bonds is 3. The van der Waals surface area contributed by atoms with Crippen molar-refractivity contribution in [2.24, 2.45) is 5.73 Å². The molecular weight excluding hydrogens is 224 g/mol. The Hall–Kier alpha value is -1.06. The molecule has 0 radical (unpaired) electrons. The summed E-state index contributed by atoms with van der Waals surface area (Å²) in [4.78, 5) is 0. The van der Waals surface area contributed by atoms with Gasteiger partial charge in [0.1, 0.15) is 5.75 Å². The van der Waals surface area contributed by atoms with Crippen molar-refractivity contribution in [3.05, 3.63) is 28.3 Å². The highest BCUT2D eigenvalue weighted by Crippen LogP contribution is 2.35. The third-order valence-corrected chi connectivity index (χ3v) is 4.10. The molecule has 3 nitrogen and oxygen atoms in total. The molecule has 0 saturated carbocycles. The van der Waals surface area contributed by atoms with Crippen LogP contribution in [0.4, 0.5) is 0 Å². The molecule has 1 aromatic rings. The van der Waals surface area contributed by atoms with Gasteiger partial charge in [0.2, 0.25) is 0 Å². The summed E-state index contributed by atoms with van der Waals surface area (Å²) in [5.41, 5.74) is 11.3. The molecule has 3 heteroatoms. The summed E-state index contributed by atoms with van der Waals surface area (Å²) >= 11 is 0. The van der Waals surface area contributed by atoms with Gasteiger partial charge in [0, 0.05) is 17.6 Å². The van der Waals surface area contributed by atoms with Crippen LogP contribution in [0.3, 0.4) is 0 Å². The van der Waals surface area contributed by atoms with Crippen molar-refractivity contribution in [2.45, 2.75) is 45.7 Å². The third kappa shape index (κ3) is 2.25. The molecule has 0 aliphatic carbocycles. The third-order valence-electron chi connectivity index (χ3n) is 4.10. The van der Waals surface area contributed by atoms with Crippen molar-refractivity contribution in [2.75, 3.05) is 13.7 Å². The van der Waals surface area contributed by atoms with Crippen LogP contribution in [0.25, 0.3) is 0 Å². The second kappa shape index (κ2) is 5.29. The summed E-state index contributed by atoms with van der Waals surface area (Å²) in [6.07, 6.45) is 2.36. The van der Waals surface area contributed by atoms with Crippen LogP contribution in [-0.2, 0) is 0 Å². The molecule has 1 aliphatic heterocycles.